The minimum Gasteiger partial charge on any atom is -0.338 e. The zero-order chi connectivity index (χ0) is 16.5. The molecule has 2 aliphatic rings. The largest absolute Gasteiger partial charge is 0.338 e. The summed E-state index contributed by atoms with van der Waals surface area (Å²) in [4.78, 5) is 14.6. The first-order chi connectivity index (χ1) is 11.7. The molecule has 4 rings (SSSR count). The van der Waals surface area contributed by atoms with Gasteiger partial charge in [-0.2, -0.15) is 5.10 Å². The molecule has 1 aliphatic heterocycles. The smallest absolute Gasteiger partial charge is 0.223 e. The lowest BCUT2D eigenvalue weighted by molar-refractivity contribution is -0.133. The Bertz CT molecular complexity index is 724. The van der Waals surface area contributed by atoms with Gasteiger partial charge >= 0.3 is 0 Å². The molecule has 1 saturated carbocycles. The molecular weight excluding hydrogens is 300 g/mol. The van der Waals surface area contributed by atoms with E-state index in [1.54, 1.807) is 0 Å². The first kappa shape index (κ1) is 15.4. The van der Waals surface area contributed by atoms with Crippen molar-refractivity contribution in [2.45, 2.75) is 44.7 Å². The molecule has 2 aromatic rings. The molecule has 1 aliphatic carbocycles. The summed E-state index contributed by atoms with van der Waals surface area (Å²) in [7, 11) is 0. The van der Waals surface area contributed by atoms with Gasteiger partial charge in [-0.3, -0.25) is 4.79 Å². The zero-order valence-corrected chi connectivity index (χ0v) is 13.9. The van der Waals surface area contributed by atoms with Crippen molar-refractivity contribution in [1.82, 2.24) is 14.7 Å². The predicted molar refractivity (Wildman–Crippen MR) is 92.6 cm³/mol. The number of benzene rings is 1. The normalized spacial score (nSPS) is 23.3. The van der Waals surface area contributed by atoms with E-state index in [0.29, 0.717) is 18.9 Å². The molecule has 2 N–H and O–H groups in total. The molecule has 0 spiro atoms. The van der Waals surface area contributed by atoms with Crippen LogP contribution in [-0.2, 0) is 17.8 Å². The molecule has 2 heterocycles. The van der Waals surface area contributed by atoms with Crippen molar-refractivity contribution < 1.29 is 4.79 Å². The topological polar surface area (TPSA) is 64.2 Å². The molecule has 0 radical (unpaired) electrons. The third-order valence-electron chi connectivity index (χ3n) is 5.44. The lowest BCUT2D eigenvalue weighted by Crippen LogP contribution is -2.38. The van der Waals surface area contributed by atoms with Crippen molar-refractivity contribution in [3.05, 3.63) is 47.8 Å². The fraction of sp³-hybridized carbons (Fsp3) is 0.474. The number of carbonyl (C=O) groups is 1. The molecule has 1 aromatic carbocycles. The van der Waals surface area contributed by atoms with Gasteiger partial charge in [0.1, 0.15) is 0 Å². The van der Waals surface area contributed by atoms with Gasteiger partial charge in [-0.05, 0) is 30.9 Å². The number of fused-ring (bicyclic) bond motifs is 1. The van der Waals surface area contributed by atoms with Crippen LogP contribution in [0.5, 0.6) is 0 Å². The Hall–Kier alpha value is -2.14. The average Bonchev–Trinajstić information content (AvgIpc) is 3.21. The van der Waals surface area contributed by atoms with E-state index in [2.05, 4.69) is 17.2 Å². The Morgan fingerprint density at radius 1 is 1.25 bits per heavy atom. The van der Waals surface area contributed by atoms with Gasteiger partial charge in [0, 0.05) is 37.5 Å². The average molecular weight is 324 g/mol. The molecule has 1 aromatic heterocycles. The van der Waals surface area contributed by atoms with Crippen LogP contribution in [0.15, 0.2) is 36.5 Å². The number of hydrogen-bond acceptors (Lipinski definition) is 3. The van der Waals surface area contributed by atoms with Crippen LogP contribution in [0.4, 0.5) is 0 Å². The number of carbonyl (C=O) groups excluding carboxylic acids is 1. The molecule has 5 nitrogen and oxygen atoms in total. The molecule has 24 heavy (non-hydrogen) atoms. The van der Waals surface area contributed by atoms with Crippen LogP contribution in [0.2, 0.25) is 0 Å². The summed E-state index contributed by atoms with van der Waals surface area (Å²) >= 11 is 0. The quantitative estimate of drug-likeness (QED) is 0.942. The number of para-hydroxylation sites is 1. The van der Waals surface area contributed by atoms with Crippen LogP contribution in [0.1, 0.15) is 36.9 Å². The number of hydrogen-bond donors (Lipinski definition) is 1. The SMILES string of the molecule is N[C@@H]1CCC[C@H]1CC(=O)N1CCc2c(cnn2-c2ccccc2)C1. The van der Waals surface area contributed by atoms with Gasteiger partial charge in [-0.1, -0.05) is 24.6 Å². The third-order valence-corrected chi connectivity index (χ3v) is 5.44. The van der Waals surface area contributed by atoms with Crippen LogP contribution in [0.25, 0.3) is 5.69 Å². The fourth-order valence-electron chi connectivity index (χ4n) is 4.01. The Morgan fingerprint density at radius 3 is 2.83 bits per heavy atom. The van der Waals surface area contributed by atoms with Crippen LogP contribution in [-0.4, -0.2) is 33.2 Å². The van der Waals surface area contributed by atoms with E-state index in [0.717, 1.165) is 43.5 Å². The number of rotatable bonds is 3. The van der Waals surface area contributed by atoms with Crippen molar-refractivity contribution in [3.8, 4) is 5.69 Å². The lowest BCUT2D eigenvalue weighted by atomic mass is 9.98. The highest BCUT2D eigenvalue weighted by Gasteiger charge is 2.30. The van der Waals surface area contributed by atoms with Crippen molar-refractivity contribution in [2.75, 3.05) is 6.54 Å². The Labute approximate surface area is 142 Å². The molecule has 0 bridgehead atoms. The minimum absolute atomic E-state index is 0.204. The highest BCUT2D eigenvalue weighted by Crippen LogP contribution is 2.29. The van der Waals surface area contributed by atoms with E-state index in [9.17, 15) is 4.79 Å². The summed E-state index contributed by atoms with van der Waals surface area (Å²) in [5.74, 6) is 0.612. The van der Waals surface area contributed by atoms with Crippen molar-refractivity contribution in [2.24, 2.45) is 11.7 Å². The van der Waals surface area contributed by atoms with Crippen molar-refractivity contribution >= 4 is 5.91 Å². The van der Waals surface area contributed by atoms with Crippen LogP contribution in [0.3, 0.4) is 0 Å². The van der Waals surface area contributed by atoms with E-state index < -0.39 is 0 Å². The second-order valence-corrected chi connectivity index (χ2v) is 6.99. The molecule has 5 heteroatoms. The summed E-state index contributed by atoms with van der Waals surface area (Å²) in [6, 6.07) is 10.4. The molecule has 1 fully saturated rings. The molecule has 2 atom stereocenters. The van der Waals surface area contributed by atoms with E-state index in [1.807, 2.05) is 34.0 Å². The first-order valence-electron chi connectivity index (χ1n) is 8.87. The fourth-order valence-corrected chi connectivity index (χ4v) is 4.01. The number of aromatic nitrogens is 2. The predicted octanol–water partition coefficient (Wildman–Crippen LogP) is 2.27. The molecule has 0 unspecified atom stereocenters. The second kappa shape index (κ2) is 6.40. The van der Waals surface area contributed by atoms with Gasteiger partial charge in [-0.15, -0.1) is 0 Å². The Morgan fingerprint density at radius 2 is 2.08 bits per heavy atom. The maximum atomic E-state index is 12.6. The van der Waals surface area contributed by atoms with Crippen LogP contribution < -0.4 is 5.73 Å². The number of nitrogens with zero attached hydrogens (tertiary/aromatic N) is 3. The van der Waals surface area contributed by atoms with E-state index >= 15 is 0 Å². The highest BCUT2D eigenvalue weighted by molar-refractivity contribution is 5.77. The van der Waals surface area contributed by atoms with E-state index in [1.165, 1.54) is 5.69 Å². The zero-order valence-electron chi connectivity index (χ0n) is 13.9. The van der Waals surface area contributed by atoms with Gasteiger partial charge in [0.25, 0.3) is 0 Å². The van der Waals surface area contributed by atoms with Gasteiger partial charge in [0.05, 0.1) is 17.6 Å². The standard InChI is InChI=1S/C19H24N4O/c20-17-8-4-5-14(17)11-19(24)22-10-9-18-15(13-22)12-21-23(18)16-6-2-1-3-7-16/h1-3,6-7,12,14,17H,4-5,8-11,13,20H2/t14-,17+/m0/s1. The Balaban J connectivity index is 1.47. The monoisotopic (exact) mass is 324 g/mol. The van der Waals surface area contributed by atoms with E-state index in [-0.39, 0.29) is 11.9 Å². The minimum atomic E-state index is 0.204. The summed E-state index contributed by atoms with van der Waals surface area (Å²) in [6.07, 6.45) is 6.68. The summed E-state index contributed by atoms with van der Waals surface area (Å²) < 4.78 is 2.00. The second-order valence-electron chi connectivity index (χ2n) is 6.99. The van der Waals surface area contributed by atoms with Crippen LogP contribution in [0, 0.1) is 5.92 Å². The van der Waals surface area contributed by atoms with Crippen molar-refractivity contribution in [3.63, 3.8) is 0 Å². The lowest BCUT2D eigenvalue weighted by Gasteiger charge is -2.29. The summed E-state index contributed by atoms with van der Waals surface area (Å²) in [6.45, 7) is 1.44. The maximum absolute atomic E-state index is 12.6. The van der Waals surface area contributed by atoms with Crippen molar-refractivity contribution in [1.29, 1.82) is 0 Å². The van der Waals surface area contributed by atoms with E-state index in [4.69, 9.17) is 5.73 Å². The summed E-state index contributed by atoms with van der Waals surface area (Å²) in [5.41, 5.74) is 9.58. The highest BCUT2D eigenvalue weighted by atomic mass is 16.2. The first-order valence-corrected chi connectivity index (χ1v) is 8.87. The molecular formula is C19H24N4O. The van der Waals surface area contributed by atoms with Crippen LogP contribution >= 0.6 is 0 Å². The van der Waals surface area contributed by atoms with Gasteiger partial charge in [0.2, 0.25) is 5.91 Å². The maximum Gasteiger partial charge on any atom is 0.223 e. The summed E-state index contributed by atoms with van der Waals surface area (Å²) in [5, 5.41) is 4.54. The Kier molecular flexibility index (Phi) is 4.10. The number of amides is 1. The molecule has 126 valence electrons. The van der Waals surface area contributed by atoms with Gasteiger partial charge < -0.3 is 10.6 Å². The number of nitrogens with two attached hydrogens (primary N) is 1. The van der Waals surface area contributed by atoms with Gasteiger partial charge in [-0.25, -0.2) is 4.68 Å². The van der Waals surface area contributed by atoms with Gasteiger partial charge in [0.15, 0.2) is 0 Å². The molecule has 0 saturated heterocycles. The third kappa shape index (κ3) is 2.84. The molecule has 1 amide bonds.